The van der Waals surface area contributed by atoms with Crippen LogP contribution in [0.2, 0.25) is 0 Å². The molecule has 0 aliphatic heterocycles. The molecule has 0 atom stereocenters. The summed E-state index contributed by atoms with van der Waals surface area (Å²) in [5.74, 6) is 3.09. The van der Waals surface area contributed by atoms with Gasteiger partial charge >= 0.3 is 0 Å². The Morgan fingerprint density at radius 3 is 2.58 bits per heavy atom. The molecule has 174 valence electrons. The number of benzene rings is 1. The number of unbranched alkanes of at least 4 members (excludes halogenated alkanes) is 2. The number of ether oxygens (including phenoxy) is 2. The SMILES string of the molecule is CCCCCOc1ccc(Oc2ccc3ncnc(Nc4cnn(C(C)C)n4)c3c2)nc1.[Cl-]. The van der Waals surface area contributed by atoms with Gasteiger partial charge in [0.15, 0.2) is 5.82 Å². The summed E-state index contributed by atoms with van der Waals surface area (Å²) in [6, 6.07) is 9.45. The monoisotopic (exact) mass is 468 g/mol. The number of nitrogens with one attached hydrogen (secondary N) is 1. The molecule has 0 spiro atoms. The predicted octanol–water partition coefficient (Wildman–Crippen LogP) is 2.31. The second-order valence-corrected chi connectivity index (χ2v) is 7.66. The fraction of sp³-hybridized carbons (Fsp3) is 0.348. The van der Waals surface area contributed by atoms with Gasteiger partial charge in [-0.2, -0.15) is 9.90 Å². The summed E-state index contributed by atoms with van der Waals surface area (Å²) in [6.07, 6.45) is 8.23. The molecule has 0 radical (unpaired) electrons. The number of anilines is 2. The van der Waals surface area contributed by atoms with E-state index in [0.717, 1.165) is 29.5 Å². The highest BCUT2D eigenvalue weighted by atomic mass is 35.5. The first-order chi connectivity index (χ1) is 15.6. The highest BCUT2D eigenvalue weighted by molar-refractivity contribution is 5.91. The van der Waals surface area contributed by atoms with E-state index in [1.165, 1.54) is 12.7 Å². The van der Waals surface area contributed by atoms with Crippen LogP contribution >= 0.6 is 0 Å². The van der Waals surface area contributed by atoms with Crippen molar-refractivity contribution in [3.63, 3.8) is 0 Å². The first kappa shape index (κ1) is 24.2. The van der Waals surface area contributed by atoms with Gasteiger partial charge in [0.2, 0.25) is 5.88 Å². The molecule has 0 saturated heterocycles. The molecule has 3 heterocycles. The zero-order valence-electron chi connectivity index (χ0n) is 18.9. The van der Waals surface area contributed by atoms with Crippen LogP contribution in [-0.2, 0) is 0 Å². The summed E-state index contributed by atoms with van der Waals surface area (Å²) < 4.78 is 11.6. The van der Waals surface area contributed by atoms with Crippen LogP contribution in [0.3, 0.4) is 0 Å². The summed E-state index contributed by atoms with van der Waals surface area (Å²) in [4.78, 5) is 14.7. The lowest BCUT2D eigenvalue weighted by Crippen LogP contribution is -3.00. The van der Waals surface area contributed by atoms with Crippen LogP contribution in [0.4, 0.5) is 11.6 Å². The smallest absolute Gasteiger partial charge is 0.219 e. The average Bonchev–Trinajstić information content (AvgIpc) is 3.27. The van der Waals surface area contributed by atoms with Crippen LogP contribution in [0.25, 0.3) is 10.9 Å². The molecule has 4 rings (SSSR count). The van der Waals surface area contributed by atoms with E-state index in [4.69, 9.17) is 9.47 Å². The summed E-state index contributed by atoms with van der Waals surface area (Å²) in [5.41, 5.74) is 0.787. The van der Waals surface area contributed by atoms with Crippen molar-refractivity contribution >= 4 is 22.5 Å². The Morgan fingerprint density at radius 2 is 1.85 bits per heavy atom. The van der Waals surface area contributed by atoms with Crippen LogP contribution in [0, 0.1) is 0 Å². The Balaban J connectivity index is 0.00000306. The Morgan fingerprint density at radius 1 is 1.00 bits per heavy atom. The molecule has 0 amide bonds. The van der Waals surface area contributed by atoms with Gasteiger partial charge in [0, 0.05) is 11.5 Å². The second kappa shape index (κ2) is 11.4. The maximum Gasteiger partial charge on any atom is 0.219 e. The van der Waals surface area contributed by atoms with Crippen molar-refractivity contribution in [3.8, 4) is 17.4 Å². The fourth-order valence-corrected chi connectivity index (χ4v) is 3.08. The van der Waals surface area contributed by atoms with Crippen molar-refractivity contribution < 1.29 is 21.9 Å². The number of halogens is 1. The number of fused-ring (bicyclic) bond motifs is 1. The van der Waals surface area contributed by atoms with Crippen molar-refractivity contribution in [3.05, 3.63) is 49.1 Å². The maximum absolute atomic E-state index is 5.94. The van der Waals surface area contributed by atoms with Crippen molar-refractivity contribution in [1.29, 1.82) is 0 Å². The number of rotatable bonds is 10. The van der Waals surface area contributed by atoms with Gasteiger partial charge in [0.25, 0.3) is 0 Å². The minimum absolute atomic E-state index is 0. The normalized spacial score (nSPS) is 10.8. The second-order valence-electron chi connectivity index (χ2n) is 7.66. The Labute approximate surface area is 199 Å². The highest BCUT2D eigenvalue weighted by Crippen LogP contribution is 2.29. The summed E-state index contributed by atoms with van der Waals surface area (Å²) in [7, 11) is 0. The minimum Gasteiger partial charge on any atom is -1.00 e. The molecule has 0 aliphatic rings. The van der Waals surface area contributed by atoms with Crippen LogP contribution in [0.15, 0.2) is 49.1 Å². The van der Waals surface area contributed by atoms with Crippen molar-refractivity contribution in [2.75, 3.05) is 11.9 Å². The third-order valence-corrected chi connectivity index (χ3v) is 4.77. The van der Waals surface area contributed by atoms with Crippen molar-refractivity contribution in [1.82, 2.24) is 29.9 Å². The molecule has 1 aromatic carbocycles. The van der Waals surface area contributed by atoms with Gasteiger partial charge in [-0.1, -0.05) is 19.8 Å². The van der Waals surface area contributed by atoms with E-state index < -0.39 is 0 Å². The van der Waals surface area contributed by atoms with E-state index in [-0.39, 0.29) is 18.4 Å². The third kappa shape index (κ3) is 6.29. The highest BCUT2D eigenvalue weighted by Gasteiger charge is 2.10. The molecule has 4 aromatic rings. The molecule has 0 fully saturated rings. The Kier molecular flexibility index (Phi) is 8.37. The van der Waals surface area contributed by atoms with Gasteiger partial charge in [-0.25, -0.2) is 15.0 Å². The quantitative estimate of drug-likeness (QED) is 0.354. The number of hydrogen-bond donors (Lipinski definition) is 1. The van der Waals surface area contributed by atoms with Crippen molar-refractivity contribution in [2.24, 2.45) is 0 Å². The molecule has 0 saturated carbocycles. The molecule has 3 aromatic heterocycles. The van der Waals surface area contributed by atoms with E-state index >= 15 is 0 Å². The Bertz CT molecular complexity index is 1170. The lowest BCUT2D eigenvalue weighted by Gasteiger charge is -2.10. The summed E-state index contributed by atoms with van der Waals surface area (Å²) in [6.45, 7) is 6.91. The van der Waals surface area contributed by atoms with Gasteiger partial charge in [-0.05, 0) is 44.5 Å². The first-order valence-corrected chi connectivity index (χ1v) is 10.8. The van der Waals surface area contributed by atoms with Gasteiger partial charge in [0.1, 0.15) is 23.6 Å². The average molecular weight is 469 g/mol. The van der Waals surface area contributed by atoms with Gasteiger partial charge in [-0.3, -0.25) is 0 Å². The lowest BCUT2D eigenvalue weighted by molar-refractivity contribution is -0.00000803. The number of pyridine rings is 1. The molecule has 10 heteroatoms. The van der Waals surface area contributed by atoms with E-state index in [0.29, 0.717) is 29.9 Å². The summed E-state index contributed by atoms with van der Waals surface area (Å²) in [5, 5.41) is 12.7. The fourth-order valence-electron chi connectivity index (χ4n) is 3.08. The van der Waals surface area contributed by atoms with E-state index in [1.54, 1.807) is 23.3 Å². The largest absolute Gasteiger partial charge is 1.00 e. The van der Waals surface area contributed by atoms with Gasteiger partial charge < -0.3 is 27.2 Å². The van der Waals surface area contributed by atoms with Gasteiger partial charge in [-0.15, -0.1) is 5.10 Å². The number of aromatic nitrogens is 6. The van der Waals surface area contributed by atoms with E-state index in [9.17, 15) is 0 Å². The molecule has 0 unspecified atom stereocenters. The summed E-state index contributed by atoms with van der Waals surface area (Å²) >= 11 is 0. The molecule has 1 N–H and O–H groups in total. The standard InChI is InChI=1S/C23H27N7O2.ClH/c1-4-5-6-11-31-18-8-10-22(24-13-18)32-17-7-9-20-19(12-17)23(26-15-25-20)28-21-14-27-30(29-21)16(2)3;/h7-10,12-16H,4-6,11H2,1-3H3,(H,25,26,28,29);1H/p-1. The molecule has 33 heavy (non-hydrogen) atoms. The predicted molar refractivity (Wildman–Crippen MR) is 123 cm³/mol. The van der Waals surface area contributed by atoms with Crippen molar-refractivity contribution in [2.45, 2.75) is 46.1 Å². The van der Waals surface area contributed by atoms with E-state index in [2.05, 4.69) is 37.4 Å². The van der Waals surface area contributed by atoms with Crippen LogP contribution in [0.1, 0.15) is 46.1 Å². The topological polar surface area (TPSA) is 99.9 Å². The first-order valence-electron chi connectivity index (χ1n) is 10.8. The molecular formula is C23H27ClN7O2-. The Hall–Kier alpha value is -3.46. The van der Waals surface area contributed by atoms with Crippen LogP contribution in [0.5, 0.6) is 17.4 Å². The van der Waals surface area contributed by atoms with Crippen LogP contribution in [-0.4, -0.2) is 36.6 Å². The van der Waals surface area contributed by atoms with Crippen LogP contribution < -0.4 is 27.2 Å². The molecule has 0 bridgehead atoms. The lowest BCUT2D eigenvalue weighted by atomic mass is 10.2. The minimum atomic E-state index is 0. The molecular weight excluding hydrogens is 442 g/mol. The van der Waals surface area contributed by atoms with Gasteiger partial charge in [0.05, 0.1) is 30.6 Å². The number of hydrogen-bond acceptors (Lipinski definition) is 8. The van der Waals surface area contributed by atoms with E-state index in [1.807, 2.05) is 38.1 Å². The zero-order chi connectivity index (χ0) is 22.3. The third-order valence-electron chi connectivity index (χ3n) is 4.77. The number of nitrogens with zero attached hydrogens (tertiary/aromatic N) is 6. The molecule has 9 nitrogen and oxygen atoms in total. The molecule has 0 aliphatic carbocycles. The zero-order valence-corrected chi connectivity index (χ0v) is 19.7. The maximum atomic E-state index is 5.94.